The maximum absolute atomic E-state index is 9.85. The molecule has 518 valence electrons. The number of ether oxygens (including phenoxy) is 7. The van der Waals surface area contributed by atoms with E-state index >= 15 is 0 Å². The van der Waals surface area contributed by atoms with Crippen molar-refractivity contribution in [3.05, 3.63) is 217 Å². The van der Waals surface area contributed by atoms with Gasteiger partial charge in [0.1, 0.15) is 59.6 Å². The van der Waals surface area contributed by atoms with E-state index in [9.17, 15) is 15.8 Å². The van der Waals surface area contributed by atoms with Crippen LogP contribution in [0.1, 0.15) is 55.2 Å². The van der Waals surface area contributed by atoms with Crippen LogP contribution in [-0.2, 0) is 18.9 Å². The van der Waals surface area contributed by atoms with Crippen molar-refractivity contribution in [2.45, 2.75) is 56.8 Å². The Kier molecular flexibility index (Phi) is 20.9. The number of H-pyrrole nitrogens is 3. The Hall–Kier alpha value is -11.2. The Balaban J connectivity index is 0.000000125. The number of nitrogens with zero attached hydrogens (tertiary/aromatic N) is 7. The number of aromatic nitrogens is 4. The average molecular weight is 1370 g/mol. The summed E-state index contributed by atoms with van der Waals surface area (Å²) in [6.07, 6.45) is 7.35. The highest BCUT2D eigenvalue weighted by Gasteiger charge is 2.24. The number of piperazine rings is 1. The Morgan fingerprint density at radius 3 is 1.15 bits per heavy atom. The van der Waals surface area contributed by atoms with Gasteiger partial charge in [-0.2, -0.15) is 15.8 Å². The molecule has 17 rings (SSSR count). The van der Waals surface area contributed by atoms with Crippen molar-refractivity contribution < 1.29 is 33.2 Å². The second-order valence-corrected chi connectivity index (χ2v) is 26.8. The van der Waals surface area contributed by atoms with Crippen LogP contribution in [0, 0.1) is 34.0 Å². The predicted octanol–water partition coefficient (Wildman–Crippen LogP) is 16.8. The van der Waals surface area contributed by atoms with Gasteiger partial charge >= 0.3 is 0 Å². The van der Waals surface area contributed by atoms with E-state index in [0.29, 0.717) is 73.6 Å². The number of fused-ring (bicyclic) bond motifs is 3. The van der Waals surface area contributed by atoms with Gasteiger partial charge < -0.3 is 62.8 Å². The predicted molar refractivity (Wildman–Crippen MR) is 406 cm³/mol. The number of anilines is 2. The molecule has 0 bridgehead atoms. The topological polar surface area (TPSA) is 206 Å². The zero-order valence-corrected chi connectivity index (χ0v) is 57.9. The van der Waals surface area contributed by atoms with Gasteiger partial charge in [0.15, 0.2) is 0 Å². The third kappa shape index (κ3) is 15.7. The van der Waals surface area contributed by atoms with Gasteiger partial charge in [-0.15, -0.1) is 0 Å². The van der Waals surface area contributed by atoms with E-state index in [4.69, 9.17) is 38.1 Å². The molecule has 0 aliphatic carbocycles. The van der Waals surface area contributed by atoms with Crippen molar-refractivity contribution in [1.29, 1.82) is 15.8 Å². The number of hydrogen-bond acceptors (Lipinski definition) is 14. The molecule has 0 amide bonds. The second-order valence-electron chi connectivity index (χ2n) is 26.8. The van der Waals surface area contributed by atoms with Crippen LogP contribution < -0.4 is 24.0 Å². The quantitative estimate of drug-likeness (QED) is 0.0926. The minimum atomic E-state index is 0.0932. The normalized spacial score (nSPS) is 16.2. The number of nitriles is 3. The van der Waals surface area contributed by atoms with E-state index in [-0.39, 0.29) is 18.3 Å². The van der Waals surface area contributed by atoms with Gasteiger partial charge in [0.25, 0.3) is 0 Å². The third-order valence-corrected chi connectivity index (χ3v) is 20.1. The molecule has 3 N–H and O–H groups in total. The summed E-state index contributed by atoms with van der Waals surface area (Å²) >= 11 is 0. The zero-order valence-electron chi connectivity index (χ0n) is 57.9. The number of aromatic amines is 3. The fourth-order valence-electron chi connectivity index (χ4n) is 14.3. The van der Waals surface area contributed by atoms with Gasteiger partial charge in [0.05, 0.1) is 69.5 Å². The number of hydrogen-bond donors (Lipinski definition) is 3. The lowest BCUT2D eigenvalue weighted by Crippen LogP contribution is -2.44. The summed E-state index contributed by atoms with van der Waals surface area (Å²) in [5.41, 5.74) is 19.0. The van der Waals surface area contributed by atoms with Gasteiger partial charge in [-0.3, -0.25) is 0 Å². The van der Waals surface area contributed by atoms with Crippen LogP contribution in [0.4, 0.5) is 11.5 Å². The molecule has 0 unspecified atom stereocenters. The lowest BCUT2D eigenvalue weighted by atomic mass is 9.99. The van der Waals surface area contributed by atoms with Crippen LogP contribution in [0.25, 0.3) is 99.9 Å². The first-order chi connectivity index (χ1) is 50.8. The van der Waals surface area contributed by atoms with E-state index in [2.05, 4.69) is 170 Å². The molecular formula is C86H82N10O7. The molecule has 5 aliphatic rings. The van der Waals surface area contributed by atoms with E-state index in [1.54, 1.807) is 0 Å². The molecule has 0 spiro atoms. The summed E-state index contributed by atoms with van der Waals surface area (Å²) in [5, 5.41) is 32.8. The molecule has 5 saturated heterocycles. The molecule has 9 heterocycles. The highest BCUT2D eigenvalue weighted by atomic mass is 16.5. The molecule has 4 aromatic heterocycles. The number of morpholine rings is 1. The molecular weight excluding hydrogens is 1290 g/mol. The van der Waals surface area contributed by atoms with E-state index in [1.165, 1.54) is 5.69 Å². The highest BCUT2D eigenvalue weighted by Crippen LogP contribution is 2.40. The van der Waals surface area contributed by atoms with E-state index in [1.807, 2.05) is 85.1 Å². The van der Waals surface area contributed by atoms with Gasteiger partial charge in [0, 0.05) is 145 Å². The van der Waals surface area contributed by atoms with Crippen molar-refractivity contribution in [1.82, 2.24) is 24.8 Å². The van der Waals surface area contributed by atoms with Crippen LogP contribution in [0.15, 0.2) is 200 Å². The van der Waals surface area contributed by atoms with Crippen molar-refractivity contribution in [2.75, 3.05) is 109 Å². The first-order valence-corrected chi connectivity index (χ1v) is 35.9. The fraction of sp³-hybridized carbons (Fsp3) is 0.279. The Morgan fingerprint density at radius 2 is 0.748 bits per heavy atom. The van der Waals surface area contributed by atoms with Gasteiger partial charge in [-0.1, -0.05) is 97.1 Å². The third-order valence-electron chi connectivity index (χ3n) is 20.1. The summed E-state index contributed by atoms with van der Waals surface area (Å²) in [6, 6.07) is 73.3. The average Bonchev–Trinajstić information content (AvgIpc) is 1.67. The van der Waals surface area contributed by atoms with Gasteiger partial charge in [-0.05, 0) is 149 Å². The molecule has 0 radical (unpaired) electrons. The van der Waals surface area contributed by atoms with Crippen LogP contribution in [-0.4, -0.2) is 142 Å². The standard InChI is InChI=1S/C31H32N4O2.C29H28N4O3.C26H22N2O2/c1-34-13-15-35(16-14-34)25-8-5-22(6-9-25)30-20-28-27(3-2-4-29(28)33-30)23-7-10-31(24(19-23)21-32)37-26-11-17-36-18-12-26;30-18-22-16-20(4-6-28(22)36-23-8-12-34-13-9-23)24-2-1-3-26-25(24)17-27(32-26)21-5-7-29(31-19-21)33-10-14-35-15-11-33;27-17-20-15-19(9-10-26(20)30-21-11-13-29-14-12-21)22-7-4-8-24-23(22)16-25(28-24)18-5-2-1-3-6-18/h2-10,19-20,26,33H,11-18H2,1H3;1-7,16-17,19,23,32H,8-15H2;1-10,15-16,21,28H,11-14H2. The maximum atomic E-state index is 9.85. The number of benzene rings is 8. The minimum Gasteiger partial charge on any atom is -0.489 e. The lowest BCUT2D eigenvalue weighted by Gasteiger charge is -2.34. The smallest absolute Gasteiger partial charge is 0.137 e. The van der Waals surface area contributed by atoms with Crippen LogP contribution in [0.3, 0.4) is 0 Å². The summed E-state index contributed by atoms with van der Waals surface area (Å²) < 4.78 is 40.1. The number of nitrogens with one attached hydrogen (secondary N) is 3. The maximum Gasteiger partial charge on any atom is 0.137 e. The lowest BCUT2D eigenvalue weighted by molar-refractivity contribution is 0.0252. The van der Waals surface area contributed by atoms with Crippen LogP contribution in [0.2, 0.25) is 0 Å². The summed E-state index contributed by atoms with van der Waals surface area (Å²) in [6.45, 7) is 11.8. The SMILES string of the molecule is CN1CCN(c2ccc(-c3cc4c(-c5ccc(OC6CCOCC6)c(C#N)c5)cccc4[nH]3)cc2)CC1.N#Cc1cc(-c2cccc3[nH]c(-c4ccc(N5CCOCC5)nc4)cc23)ccc1OC1CCOCC1.N#Cc1cc(-c2cccc3[nH]c(-c4ccccc4)cc23)ccc1OC1CCOCC1. The Bertz CT molecular complexity index is 5030. The number of pyridine rings is 1. The molecule has 0 atom stereocenters. The van der Waals surface area contributed by atoms with Crippen molar-refractivity contribution in [3.8, 4) is 103 Å². The molecule has 17 heteroatoms. The number of rotatable bonds is 14. The summed E-state index contributed by atoms with van der Waals surface area (Å²) in [4.78, 5) is 22.4. The number of likely N-dealkylation sites (N-methyl/N-ethyl adjacent to an activating group) is 1. The summed E-state index contributed by atoms with van der Waals surface area (Å²) in [5.74, 6) is 2.92. The molecule has 0 saturated carbocycles. The first-order valence-electron chi connectivity index (χ1n) is 35.9. The van der Waals surface area contributed by atoms with Crippen molar-refractivity contribution in [3.63, 3.8) is 0 Å². The second kappa shape index (κ2) is 31.8. The monoisotopic (exact) mass is 1370 g/mol. The first kappa shape index (κ1) is 67.6. The molecule has 103 heavy (non-hydrogen) atoms. The van der Waals surface area contributed by atoms with Crippen molar-refractivity contribution >= 4 is 44.2 Å². The van der Waals surface area contributed by atoms with Crippen molar-refractivity contribution in [2.24, 2.45) is 0 Å². The van der Waals surface area contributed by atoms with Gasteiger partial charge in [-0.25, -0.2) is 4.98 Å². The zero-order chi connectivity index (χ0) is 69.9. The molecule has 12 aromatic rings. The summed E-state index contributed by atoms with van der Waals surface area (Å²) in [7, 11) is 2.18. The highest BCUT2D eigenvalue weighted by molar-refractivity contribution is 6.01. The molecule has 5 aliphatic heterocycles. The van der Waals surface area contributed by atoms with Crippen LogP contribution in [0.5, 0.6) is 17.2 Å². The molecule has 5 fully saturated rings. The fourth-order valence-corrected chi connectivity index (χ4v) is 14.3. The molecule has 8 aromatic carbocycles. The van der Waals surface area contributed by atoms with Crippen LogP contribution >= 0.6 is 0 Å². The van der Waals surface area contributed by atoms with E-state index in [0.717, 1.165) is 197 Å². The minimum absolute atomic E-state index is 0.0932. The van der Waals surface area contributed by atoms with E-state index < -0.39 is 0 Å². The van der Waals surface area contributed by atoms with Gasteiger partial charge in [0.2, 0.25) is 0 Å². The molecule has 17 nitrogen and oxygen atoms in total. The Morgan fingerprint density at radius 1 is 0.369 bits per heavy atom. The largest absolute Gasteiger partial charge is 0.489 e. The Labute approximate surface area is 600 Å².